The third-order valence-corrected chi connectivity index (χ3v) is 7.77. The maximum atomic E-state index is 13.0. The fraction of sp³-hybridized carbons (Fsp3) is 0.731. The molecule has 0 saturated heterocycles. The second-order valence-corrected chi connectivity index (χ2v) is 10.3. The molecule has 1 aromatic rings. The molecule has 174 valence electrons. The van der Waals surface area contributed by atoms with E-state index in [1.54, 1.807) is 0 Å². The van der Waals surface area contributed by atoms with Crippen molar-refractivity contribution in [3.63, 3.8) is 0 Å². The molecule has 2 fully saturated rings. The summed E-state index contributed by atoms with van der Waals surface area (Å²) >= 11 is 6.40. The van der Waals surface area contributed by atoms with Gasteiger partial charge in [0, 0.05) is 13.1 Å². The Kier molecular flexibility index (Phi) is 9.68. The molecule has 3 rings (SSSR count). The fourth-order valence-corrected chi connectivity index (χ4v) is 5.90. The van der Waals surface area contributed by atoms with Gasteiger partial charge in [-0.15, -0.1) is 0 Å². The van der Waals surface area contributed by atoms with Crippen LogP contribution in [-0.2, 0) is 6.42 Å². The van der Waals surface area contributed by atoms with Crippen LogP contribution in [0.15, 0.2) is 18.2 Å². The van der Waals surface area contributed by atoms with Gasteiger partial charge in [-0.2, -0.15) is 0 Å². The van der Waals surface area contributed by atoms with Crippen LogP contribution in [0.4, 0.5) is 0 Å². The number of hydrogen-bond acceptors (Lipinski definition) is 3. The van der Waals surface area contributed by atoms with Crippen LogP contribution >= 0.6 is 11.6 Å². The normalized spacial score (nSPS) is 23.2. The van der Waals surface area contributed by atoms with E-state index < -0.39 is 0 Å². The number of unbranched alkanes of at least 4 members (excludes halogenated alkanes) is 1. The second kappa shape index (κ2) is 12.2. The highest BCUT2D eigenvalue weighted by atomic mass is 35.5. The number of nitrogens with one attached hydrogen (secondary N) is 1. The van der Waals surface area contributed by atoms with Crippen LogP contribution < -0.4 is 5.32 Å². The van der Waals surface area contributed by atoms with E-state index in [9.17, 15) is 9.90 Å². The zero-order valence-corrected chi connectivity index (χ0v) is 20.1. The Balaban J connectivity index is 1.53. The molecule has 2 bridgehead atoms. The van der Waals surface area contributed by atoms with E-state index >= 15 is 0 Å². The Hall–Kier alpha value is -1.10. The minimum Gasteiger partial charge on any atom is -0.395 e. The molecule has 1 amide bonds. The summed E-state index contributed by atoms with van der Waals surface area (Å²) in [6.45, 7) is 5.92. The molecular weight excluding hydrogens is 408 g/mol. The Labute approximate surface area is 193 Å². The monoisotopic (exact) mass is 448 g/mol. The lowest BCUT2D eigenvalue weighted by Crippen LogP contribution is -2.43. The minimum atomic E-state index is -0.0289. The highest BCUT2D eigenvalue weighted by Gasteiger charge is 2.39. The predicted octanol–water partition coefficient (Wildman–Crippen LogP) is 5.46. The molecule has 5 heteroatoms. The first-order valence-corrected chi connectivity index (χ1v) is 12.8. The van der Waals surface area contributed by atoms with Crippen LogP contribution in [0.5, 0.6) is 0 Å². The topological polar surface area (TPSA) is 52.6 Å². The number of hydrogen-bond donors (Lipinski definition) is 2. The van der Waals surface area contributed by atoms with E-state index in [0.717, 1.165) is 56.9 Å². The number of fused-ring (bicyclic) bond motifs is 2. The first kappa shape index (κ1) is 24.5. The van der Waals surface area contributed by atoms with Gasteiger partial charge < -0.3 is 15.3 Å². The standard InChI is InChI=1S/C26H41ClN2O2/c1-2-3-14-29(16-17-30)15-6-9-21-10-11-24(27)23(18-21)25(31)28-20-26-12-4-7-22(19-26)8-5-13-26/h10-11,18,22,30H,2-9,12-17,19-20H2,1H3,(H,28,31). The van der Waals surface area contributed by atoms with Gasteiger partial charge in [0.1, 0.15) is 0 Å². The molecule has 0 spiro atoms. The molecule has 0 unspecified atom stereocenters. The molecule has 2 N–H and O–H groups in total. The molecule has 0 heterocycles. The van der Waals surface area contributed by atoms with Crippen LogP contribution in [0.1, 0.15) is 87.1 Å². The third-order valence-electron chi connectivity index (χ3n) is 7.44. The van der Waals surface area contributed by atoms with Crippen LogP contribution in [0.2, 0.25) is 5.02 Å². The average Bonchev–Trinajstić information content (AvgIpc) is 2.77. The molecule has 2 aliphatic rings. The van der Waals surface area contributed by atoms with Crippen molar-refractivity contribution in [3.05, 3.63) is 34.3 Å². The first-order chi connectivity index (χ1) is 15.0. The zero-order valence-electron chi connectivity index (χ0n) is 19.3. The minimum absolute atomic E-state index is 0.0289. The van der Waals surface area contributed by atoms with E-state index in [1.807, 2.05) is 18.2 Å². The molecule has 0 atom stereocenters. The van der Waals surface area contributed by atoms with Gasteiger partial charge >= 0.3 is 0 Å². The number of benzene rings is 1. The summed E-state index contributed by atoms with van der Waals surface area (Å²) in [6, 6.07) is 5.87. The van der Waals surface area contributed by atoms with Crippen molar-refractivity contribution in [1.29, 1.82) is 0 Å². The quantitative estimate of drug-likeness (QED) is 0.446. The van der Waals surface area contributed by atoms with Crippen molar-refractivity contribution < 1.29 is 9.90 Å². The maximum absolute atomic E-state index is 13.0. The van der Waals surface area contributed by atoms with Gasteiger partial charge in [0.2, 0.25) is 0 Å². The van der Waals surface area contributed by atoms with Crippen molar-refractivity contribution in [3.8, 4) is 0 Å². The number of nitrogens with zero attached hydrogens (tertiary/aromatic N) is 1. The van der Waals surface area contributed by atoms with Gasteiger partial charge in [-0.1, -0.05) is 56.7 Å². The molecule has 0 radical (unpaired) electrons. The Morgan fingerprint density at radius 2 is 1.94 bits per heavy atom. The summed E-state index contributed by atoms with van der Waals surface area (Å²) in [7, 11) is 0. The molecule has 4 nitrogen and oxygen atoms in total. The van der Waals surface area contributed by atoms with E-state index in [4.69, 9.17) is 11.6 Å². The fourth-order valence-electron chi connectivity index (χ4n) is 5.70. The number of carbonyl (C=O) groups excluding carboxylic acids is 1. The van der Waals surface area contributed by atoms with Crippen molar-refractivity contribution in [2.75, 3.05) is 32.8 Å². The molecular formula is C26H41ClN2O2. The third kappa shape index (κ3) is 7.20. The summed E-state index contributed by atoms with van der Waals surface area (Å²) in [5, 5.41) is 13.1. The average molecular weight is 449 g/mol. The van der Waals surface area contributed by atoms with Gasteiger partial charge in [0.25, 0.3) is 5.91 Å². The largest absolute Gasteiger partial charge is 0.395 e. The zero-order chi connectivity index (χ0) is 22.1. The number of halogens is 1. The van der Waals surface area contributed by atoms with Gasteiger partial charge in [0.05, 0.1) is 17.2 Å². The molecule has 1 aromatic carbocycles. The number of rotatable bonds is 12. The van der Waals surface area contributed by atoms with E-state index in [2.05, 4.69) is 17.1 Å². The molecule has 2 aliphatic carbocycles. The highest BCUT2D eigenvalue weighted by Crippen LogP contribution is 2.48. The lowest BCUT2D eigenvalue weighted by molar-refractivity contribution is 0.0681. The van der Waals surface area contributed by atoms with Gasteiger partial charge in [-0.25, -0.2) is 0 Å². The highest BCUT2D eigenvalue weighted by molar-refractivity contribution is 6.33. The van der Waals surface area contributed by atoms with Crippen LogP contribution in [0.25, 0.3) is 0 Å². The summed E-state index contributed by atoms with van der Waals surface area (Å²) in [6.07, 6.45) is 13.4. The van der Waals surface area contributed by atoms with Crippen molar-refractivity contribution in [2.45, 2.75) is 77.6 Å². The number of amides is 1. The van der Waals surface area contributed by atoms with E-state index in [0.29, 0.717) is 16.0 Å². The van der Waals surface area contributed by atoms with Crippen molar-refractivity contribution in [2.24, 2.45) is 11.3 Å². The van der Waals surface area contributed by atoms with Crippen LogP contribution in [-0.4, -0.2) is 48.7 Å². The number of aliphatic hydroxyl groups excluding tert-OH is 1. The molecule has 0 aliphatic heterocycles. The van der Waals surface area contributed by atoms with E-state index in [-0.39, 0.29) is 12.5 Å². The summed E-state index contributed by atoms with van der Waals surface area (Å²) in [4.78, 5) is 15.3. The summed E-state index contributed by atoms with van der Waals surface area (Å²) in [5.74, 6) is 0.841. The summed E-state index contributed by atoms with van der Waals surface area (Å²) in [5.41, 5.74) is 2.08. The van der Waals surface area contributed by atoms with Gasteiger partial charge in [-0.05, 0) is 80.6 Å². The smallest absolute Gasteiger partial charge is 0.252 e. The Bertz CT molecular complexity index is 699. The van der Waals surface area contributed by atoms with Crippen molar-refractivity contribution in [1.82, 2.24) is 10.2 Å². The maximum Gasteiger partial charge on any atom is 0.252 e. The van der Waals surface area contributed by atoms with Gasteiger partial charge in [0.15, 0.2) is 0 Å². The Morgan fingerprint density at radius 1 is 1.19 bits per heavy atom. The molecule has 2 saturated carbocycles. The number of aliphatic hydroxyl groups is 1. The first-order valence-electron chi connectivity index (χ1n) is 12.4. The number of carbonyl (C=O) groups is 1. The molecule has 31 heavy (non-hydrogen) atoms. The SMILES string of the molecule is CCCCN(CCO)CCCc1ccc(Cl)c(C(=O)NCC23CCCC(CCC2)C3)c1. The lowest BCUT2D eigenvalue weighted by atomic mass is 9.62. The molecule has 0 aromatic heterocycles. The van der Waals surface area contributed by atoms with Crippen LogP contribution in [0.3, 0.4) is 0 Å². The lowest BCUT2D eigenvalue weighted by Gasteiger charge is -2.45. The van der Waals surface area contributed by atoms with E-state index in [1.165, 1.54) is 51.4 Å². The predicted molar refractivity (Wildman–Crippen MR) is 129 cm³/mol. The van der Waals surface area contributed by atoms with Crippen molar-refractivity contribution >= 4 is 17.5 Å². The summed E-state index contributed by atoms with van der Waals surface area (Å²) < 4.78 is 0. The Morgan fingerprint density at radius 3 is 2.65 bits per heavy atom. The van der Waals surface area contributed by atoms with Gasteiger partial charge in [-0.3, -0.25) is 4.79 Å². The second-order valence-electron chi connectivity index (χ2n) is 9.87. The number of aryl methyl sites for hydroxylation is 1. The van der Waals surface area contributed by atoms with Crippen LogP contribution in [0, 0.1) is 11.3 Å².